The van der Waals surface area contributed by atoms with Gasteiger partial charge in [-0.25, -0.2) is 0 Å². The molecule has 2 nitrogen and oxygen atoms in total. The molecule has 2 atom stereocenters. The highest BCUT2D eigenvalue weighted by molar-refractivity contribution is 5.66. The third-order valence-electron chi connectivity index (χ3n) is 8.06. The van der Waals surface area contributed by atoms with E-state index in [1.807, 2.05) is 0 Å². The number of hydrogen-bond donors (Lipinski definition) is 0. The minimum Gasteiger partial charge on any atom is -0.487 e. The second kappa shape index (κ2) is 10.2. The summed E-state index contributed by atoms with van der Waals surface area (Å²) in [6, 6.07) is 21.8. The van der Waals surface area contributed by atoms with Gasteiger partial charge in [0.05, 0.1) is 0 Å². The van der Waals surface area contributed by atoms with Crippen LogP contribution in [-0.4, -0.2) is 5.60 Å². The smallest absolute Gasteiger partial charge is 0.134 e. The molecule has 0 unspecified atom stereocenters. The largest absolute Gasteiger partial charge is 0.487 e. The summed E-state index contributed by atoms with van der Waals surface area (Å²) >= 11 is 0. The molecule has 0 spiro atoms. The quantitative estimate of drug-likeness (QED) is 0.247. The minimum atomic E-state index is -0.195. The van der Waals surface area contributed by atoms with Crippen molar-refractivity contribution in [3.8, 4) is 28.4 Å². The molecule has 2 aliphatic rings. The molecule has 3 aromatic rings. The van der Waals surface area contributed by atoms with Gasteiger partial charge in [-0.3, -0.25) is 0 Å². The predicted octanol–water partition coefficient (Wildman–Crippen LogP) is 9.80. The van der Waals surface area contributed by atoms with Crippen LogP contribution in [-0.2, 0) is 6.42 Å². The van der Waals surface area contributed by atoms with Gasteiger partial charge in [-0.2, -0.15) is 0 Å². The normalized spacial score (nSPS) is 20.1. The first-order chi connectivity index (χ1) is 17.3. The number of allylic oxidation sites excluding steroid dienone is 2. The van der Waals surface area contributed by atoms with Crippen molar-refractivity contribution in [3.05, 3.63) is 89.0 Å². The molecule has 1 aliphatic heterocycles. The molecule has 0 fully saturated rings. The van der Waals surface area contributed by atoms with Crippen LogP contribution in [0.1, 0.15) is 82.4 Å². The first-order valence-electron chi connectivity index (χ1n) is 13.7. The zero-order valence-corrected chi connectivity index (χ0v) is 22.6. The molecule has 188 valence electrons. The molecule has 1 heterocycles. The Hall–Kier alpha value is -3.00. The number of hydrogen-bond acceptors (Lipinski definition) is 2. The van der Waals surface area contributed by atoms with Gasteiger partial charge >= 0.3 is 0 Å². The molecule has 0 radical (unpaired) electrons. The number of ether oxygens (including phenoxy) is 2. The van der Waals surface area contributed by atoms with Crippen LogP contribution in [0.2, 0.25) is 0 Å². The average molecular weight is 481 g/mol. The van der Waals surface area contributed by atoms with Gasteiger partial charge in [0, 0.05) is 17.4 Å². The van der Waals surface area contributed by atoms with Crippen LogP contribution in [0, 0.1) is 12.8 Å². The Balaban J connectivity index is 1.55. The van der Waals surface area contributed by atoms with Crippen molar-refractivity contribution in [2.45, 2.75) is 84.7 Å². The van der Waals surface area contributed by atoms with E-state index in [4.69, 9.17) is 9.47 Å². The zero-order valence-electron chi connectivity index (χ0n) is 22.6. The maximum atomic E-state index is 6.76. The highest BCUT2D eigenvalue weighted by Crippen LogP contribution is 2.55. The molecular formula is C34H40O2. The maximum Gasteiger partial charge on any atom is 0.134 e. The summed E-state index contributed by atoms with van der Waals surface area (Å²) in [5.41, 5.74) is 7.49. The van der Waals surface area contributed by atoms with Crippen LogP contribution in [0.5, 0.6) is 17.2 Å². The Morgan fingerprint density at radius 3 is 2.53 bits per heavy atom. The standard InChI is InChI=1S/C34H40O2/c1-6-7-8-10-25-20-31(35-28-12-9-11-27(22-28)26-16-13-23(2)14-17-26)33-29-19-24(3)15-18-30(29)34(4,5)36-32(33)21-25/h9,11-17,20-22,29-30H,6-8,10,18-19H2,1-5H3/t29-,30+/m1/s1. The van der Waals surface area contributed by atoms with Crippen LogP contribution < -0.4 is 9.47 Å². The van der Waals surface area contributed by atoms with Crippen LogP contribution >= 0.6 is 0 Å². The molecular weight excluding hydrogens is 440 g/mol. The van der Waals surface area contributed by atoms with Crippen LogP contribution in [0.3, 0.4) is 0 Å². The monoisotopic (exact) mass is 480 g/mol. The average Bonchev–Trinajstić information content (AvgIpc) is 2.84. The molecule has 0 bridgehead atoms. The van der Waals surface area contributed by atoms with E-state index in [1.165, 1.54) is 52.7 Å². The maximum absolute atomic E-state index is 6.76. The number of fused-ring (bicyclic) bond motifs is 3. The lowest BCUT2D eigenvalue weighted by molar-refractivity contribution is 0.00767. The van der Waals surface area contributed by atoms with Gasteiger partial charge in [0.25, 0.3) is 0 Å². The van der Waals surface area contributed by atoms with Crippen molar-refractivity contribution < 1.29 is 9.47 Å². The lowest BCUT2D eigenvalue weighted by Crippen LogP contribution is -2.45. The van der Waals surface area contributed by atoms with Crippen LogP contribution in [0.15, 0.2) is 72.3 Å². The summed E-state index contributed by atoms with van der Waals surface area (Å²) in [7, 11) is 0. The zero-order chi connectivity index (χ0) is 25.3. The topological polar surface area (TPSA) is 18.5 Å². The predicted molar refractivity (Wildman–Crippen MR) is 150 cm³/mol. The van der Waals surface area contributed by atoms with Crippen LogP contribution in [0.4, 0.5) is 0 Å². The third kappa shape index (κ3) is 5.09. The Labute approximate surface area is 217 Å². The Morgan fingerprint density at radius 2 is 1.75 bits per heavy atom. The molecule has 0 aromatic heterocycles. The minimum absolute atomic E-state index is 0.195. The fraction of sp³-hybridized carbons (Fsp3) is 0.412. The van der Waals surface area contributed by atoms with Gasteiger partial charge in [-0.05, 0) is 94.3 Å². The van der Waals surface area contributed by atoms with Gasteiger partial charge in [0.1, 0.15) is 22.8 Å². The van der Waals surface area contributed by atoms with E-state index in [0.29, 0.717) is 11.8 Å². The van der Waals surface area contributed by atoms with Crippen molar-refractivity contribution in [1.82, 2.24) is 0 Å². The summed E-state index contributed by atoms with van der Waals surface area (Å²) < 4.78 is 13.5. The van der Waals surface area contributed by atoms with E-state index >= 15 is 0 Å². The second-order valence-electron chi connectivity index (χ2n) is 11.4. The molecule has 0 N–H and O–H groups in total. The van der Waals surface area contributed by atoms with Crippen LogP contribution in [0.25, 0.3) is 11.1 Å². The van der Waals surface area contributed by atoms with Gasteiger partial charge in [-0.1, -0.05) is 73.4 Å². The molecule has 0 saturated carbocycles. The van der Waals surface area contributed by atoms with Crippen molar-refractivity contribution in [2.24, 2.45) is 5.92 Å². The molecule has 36 heavy (non-hydrogen) atoms. The van der Waals surface area contributed by atoms with E-state index < -0.39 is 0 Å². The van der Waals surface area contributed by atoms with E-state index in [9.17, 15) is 0 Å². The Morgan fingerprint density at radius 1 is 0.944 bits per heavy atom. The number of benzene rings is 3. The first-order valence-corrected chi connectivity index (χ1v) is 13.7. The Bertz CT molecular complexity index is 1250. The fourth-order valence-corrected chi connectivity index (χ4v) is 6.02. The van der Waals surface area contributed by atoms with Gasteiger partial charge in [0.2, 0.25) is 0 Å². The summed E-state index contributed by atoms with van der Waals surface area (Å²) in [5.74, 6) is 3.73. The third-order valence-corrected chi connectivity index (χ3v) is 8.06. The molecule has 5 rings (SSSR count). The second-order valence-corrected chi connectivity index (χ2v) is 11.4. The van der Waals surface area contributed by atoms with Crippen molar-refractivity contribution >= 4 is 0 Å². The SMILES string of the molecule is CCCCCc1cc(Oc2cccc(-c3ccc(C)cc3)c2)c2c(c1)OC(C)(C)[C@H]1CC=C(C)C[C@@H]21. The fourth-order valence-electron chi connectivity index (χ4n) is 6.02. The first kappa shape index (κ1) is 24.7. The molecule has 2 heteroatoms. The van der Waals surface area contributed by atoms with E-state index in [2.05, 4.69) is 101 Å². The number of aryl methyl sites for hydroxylation is 2. The number of unbranched alkanes of at least 4 members (excludes halogenated alkanes) is 2. The Kier molecular flexibility index (Phi) is 6.97. The van der Waals surface area contributed by atoms with Crippen molar-refractivity contribution in [2.75, 3.05) is 0 Å². The van der Waals surface area contributed by atoms with Gasteiger partial charge < -0.3 is 9.47 Å². The molecule has 0 saturated heterocycles. The number of rotatable bonds is 7. The summed E-state index contributed by atoms with van der Waals surface area (Å²) in [6.45, 7) is 11.2. The summed E-state index contributed by atoms with van der Waals surface area (Å²) in [6.07, 6.45) is 9.24. The molecule has 1 aliphatic carbocycles. The van der Waals surface area contributed by atoms with Gasteiger partial charge in [0.15, 0.2) is 0 Å². The highest BCUT2D eigenvalue weighted by Gasteiger charge is 2.46. The van der Waals surface area contributed by atoms with E-state index in [-0.39, 0.29) is 5.60 Å². The van der Waals surface area contributed by atoms with E-state index in [1.54, 1.807) is 0 Å². The lowest BCUT2D eigenvalue weighted by atomic mass is 9.67. The summed E-state index contributed by atoms with van der Waals surface area (Å²) in [4.78, 5) is 0. The lowest BCUT2D eigenvalue weighted by Gasteiger charge is -2.47. The van der Waals surface area contributed by atoms with Crippen molar-refractivity contribution in [1.29, 1.82) is 0 Å². The molecule has 0 amide bonds. The van der Waals surface area contributed by atoms with Gasteiger partial charge in [-0.15, -0.1) is 0 Å². The van der Waals surface area contributed by atoms with E-state index in [0.717, 1.165) is 36.5 Å². The summed E-state index contributed by atoms with van der Waals surface area (Å²) in [5, 5.41) is 0. The molecule has 3 aromatic carbocycles. The highest BCUT2D eigenvalue weighted by atomic mass is 16.5. The van der Waals surface area contributed by atoms with Crippen molar-refractivity contribution in [3.63, 3.8) is 0 Å².